The topological polar surface area (TPSA) is 27.7 Å². The summed E-state index contributed by atoms with van der Waals surface area (Å²) in [7, 11) is -1.62. The maximum atomic E-state index is 6.13. The second kappa shape index (κ2) is 9.57. The second-order valence-electron chi connectivity index (χ2n) is 7.64. The van der Waals surface area contributed by atoms with Crippen LogP contribution in [0.2, 0.25) is 18.1 Å². The number of benzene rings is 1. The Labute approximate surface area is 143 Å². The van der Waals surface area contributed by atoms with Gasteiger partial charge >= 0.3 is 0 Å². The van der Waals surface area contributed by atoms with E-state index in [0.717, 1.165) is 19.6 Å². The molecule has 0 aliphatic carbocycles. The van der Waals surface area contributed by atoms with Gasteiger partial charge in [-0.15, -0.1) is 0 Å². The fourth-order valence-electron chi connectivity index (χ4n) is 1.81. The number of ether oxygens (including phenoxy) is 2. The van der Waals surface area contributed by atoms with Gasteiger partial charge in [-0.1, -0.05) is 51.1 Å². The lowest BCUT2D eigenvalue weighted by molar-refractivity contribution is -0.0168. The number of hydrogen-bond acceptors (Lipinski definition) is 3. The molecule has 0 fully saturated rings. The van der Waals surface area contributed by atoms with E-state index in [4.69, 9.17) is 13.9 Å². The summed E-state index contributed by atoms with van der Waals surface area (Å²) in [6.07, 6.45) is 1.05. The lowest BCUT2D eigenvalue weighted by Crippen LogP contribution is -2.41. The molecule has 0 spiro atoms. The minimum absolute atomic E-state index is 0.108. The molecule has 4 heteroatoms. The van der Waals surface area contributed by atoms with Crippen LogP contribution >= 0.6 is 0 Å². The molecular formula is C19H34O3Si. The first-order chi connectivity index (χ1) is 10.7. The van der Waals surface area contributed by atoms with E-state index in [9.17, 15) is 0 Å². The summed E-state index contributed by atoms with van der Waals surface area (Å²) in [6, 6.07) is 10.2. The van der Waals surface area contributed by atoms with Crippen molar-refractivity contribution in [1.82, 2.24) is 0 Å². The summed E-state index contributed by atoms with van der Waals surface area (Å²) < 4.78 is 17.6. The van der Waals surface area contributed by atoms with Gasteiger partial charge in [-0.05, 0) is 37.0 Å². The zero-order valence-corrected chi connectivity index (χ0v) is 16.7. The Morgan fingerprint density at radius 3 is 2.30 bits per heavy atom. The number of hydrogen-bond donors (Lipinski definition) is 0. The molecule has 23 heavy (non-hydrogen) atoms. The van der Waals surface area contributed by atoms with E-state index >= 15 is 0 Å². The van der Waals surface area contributed by atoms with Gasteiger partial charge in [0.25, 0.3) is 0 Å². The standard InChI is InChI=1S/C19H34O3Si/c1-17(21-16-18-11-8-7-9-12-18)15-20-13-10-14-22-23(5,6)19(2,3)4/h7-9,11-12,17H,10,13-16H2,1-6H3/t17-/m0/s1. The van der Waals surface area contributed by atoms with Gasteiger partial charge in [0.15, 0.2) is 8.32 Å². The van der Waals surface area contributed by atoms with E-state index in [1.165, 1.54) is 5.56 Å². The molecule has 1 aromatic carbocycles. The highest BCUT2D eigenvalue weighted by atomic mass is 28.4. The van der Waals surface area contributed by atoms with Crippen LogP contribution in [0.4, 0.5) is 0 Å². The predicted octanol–water partition coefficient (Wildman–Crippen LogP) is 5.02. The monoisotopic (exact) mass is 338 g/mol. The summed E-state index contributed by atoms with van der Waals surface area (Å²) in [6.45, 7) is 16.2. The predicted molar refractivity (Wildman–Crippen MR) is 99.3 cm³/mol. The Morgan fingerprint density at radius 2 is 1.70 bits per heavy atom. The smallest absolute Gasteiger partial charge is 0.191 e. The first-order valence-electron chi connectivity index (χ1n) is 8.59. The van der Waals surface area contributed by atoms with Crippen LogP contribution < -0.4 is 0 Å². The fraction of sp³-hybridized carbons (Fsp3) is 0.684. The largest absolute Gasteiger partial charge is 0.417 e. The van der Waals surface area contributed by atoms with Gasteiger partial charge in [0.2, 0.25) is 0 Å². The fourth-order valence-corrected chi connectivity index (χ4v) is 2.90. The molecule has 0 saturated heterocycles. The first-order valence-corrected chi connectivity index (χ1v) is 11.5. The average Bonchev–Trinajstić information content (AvgIpc) is 2.48. The summed E-state index contributed by atoms with van der Waals surface area (Å²) in [5.41, 5.74) is 1.20. The van der Waals surface area contributed by atoms with E-state index in [1.54, 1.807) is 0 Å². The van der Waals surface area contributed by atoms with Crippen LogP contribution in [-0.2, 0) is 20.5 Å². The van der Waals surface area contributed by atoms with Gasteiger partial charge in [0.1, 0.15) is 0 Å². The van der Waals surface area contributed by atoms with Crippen LogP contribution in [-0.4, -0.2) is 34.2 Å². The number of rotatable bonds is 10. The zero-order chi connectivity index (χ0) is 17.3. The van der Waals surface area contributed by atoms with Crippen molar-refractivity contribution in [3.8, 4) is 0 Å². The first kappa shape index (κ1) is 20.4. The molecule has 3 nitrogen and oxygen atoms in total. The van der Waals surface area contributed by atoms with Crippen molar-refractivity contribution in [1.29, 1.82) is 0 Å². The quantitative estimate of drug-likeness (QED) is 0.443. The lowest BCUT2D eigenvalue weighted by atomic mass is 10.2. The van der Waals surface area contributed by atoms with Crippen molar-refractivity contribution in [2.24, 2.45) is 0 Å². The normalized spacial score (nSPS) is 14.0. The van der Waals surface area contributed by atoms with Gasteiger partial charge in [-0.3, -0.25) is 0 Å². The third kappa shape index (κ3) is 8.11. The Balaban J connectivity index is 2.06. The summed E-state index contributed by atoms with van der Waals surface area (Å²) >= 11 is 0. The molecule has 0 radical (unpaired) electrons. The highest BCUT2D eigenvalue weighted by Gasteiger charge is 2.36. The summed E-state index contributed by atoms with van der Waals surface area (Å²) in [5.74, 6) is 0. The zero-order valence-electron chi connectivity index (χ0n) is 15.7. The molecule has 1 rings (SSSR count). The SMILES string of the molecule is C[C@@H](COCCCO[Si](C)(C)C(C)(C)C)OCc1ccccc1. The molecule has 1 aromatic rings. The molecule has 0 aromatic heterocycles. The van der Waals surface area contributed by atoms with Crippen LogP contribution in [0.15, 0.2) is 30.3 Å². The highest BCUT2D eigenvalue weighted by molar-refractivity contribution is 6.74. The molecule has 0 aliphatic heterocycles. The molecule has 132 valence electrons. The van der Waals surface area contributed by atoms with E-state index in [0.29, 0.717) is 13.2 Å². The summed E-state index contributed by atoms with van der Waals surface area (Å²) in [5, 5.41) is 0.271. The van der Waals surface area contributed by atoms with Gasteiger partial charge < -0.3 is 13.9 Å². The Bertz CT molecular complexity index is 426. The third-order valence-corrected chi connectivity index (χ3v) is 8.97. The molecule has 0 saturated carbocycles. The lowest BCUT2D eigenvalue weighted by Gasteiger charge is -2.36. The second-order valence-corrected chi connectivity index (χ2v) is 12.5. The van der Waals surface area contributed by atoms with Crippen molar-refractivity contribution in [3.63, 3.8) is 0 Å². The highest BCUT2D eigenvalue weighted by Crippen LogP contribution is 2.36. The van der Waals surface area contributed by atoms with Crippen molar-refractivity contribution >= 4 is 8.32 Å². The molecule has 0 amide bonds. The van der Waals surface area contributed by atoms with Crippen LogP contribution in [0, 0.1) is 0 Å². The van der Waals surface area contributed by atoms with Crippen LogP contribution in [0.5, 0.6) is 0 Å². The Morgan fingerprint density at radius 1 is 1.04 bits per heavy atom. The van der Waals surface area contributed by atoms with E-state index in [2.05, 4.69) is 52.9 Å². The van der Waals surface area contributed by atoms with E-state index < -0.39 is 8.32 Å². The molecule has 0 aliphatic rings. The Kier molecular flexibility index (Phi) is 8.48. The average molecular weight is 339 g/mol. The third-order valence-electron chi connectivity index (χ3n) is 4.43. The van der Waals surface area contributed by atoms with Gasteiger partial charge in [0.05, 0.1) is 19.3 Å². The molecule has 0 bridgehead atoms. The summed E-state index contributed by atoms with van der Waals surface area (Å²) in [4.78, 5) is 0. The maximum Gasteiger partial charge on any atom is 0.191 e. The molecule has 1 atom stereocenters. The van der Waals surface area contributed by atoms with Crippen molar-refractivity contribution in [2.45, 2.75) is 65.0 Å². The van der Waals surface area contributed by atoms with Crippen molar-refractivity contribution in [2.75, 3.05) is 19.8 Å². The maximum absolute atomic E-state index is 6.13. The minimum atomic E-state index is -1.62. The minimum Gasteiger partial charge on any atom is -0.417 e. The molecule has 0 unspecified atom stereocenters. The molecular weight excluding hydrogens is 304 g/mol. The van der Waals surface area contributed by atoms with E-state index in [1.807, 2.05) is 18.2 Å². The van der Waals surface area contributed by atoms with Crippen LogP contribution in [0.3, 0.4) is 0 Å². The molecule has 0 heterocycles. The Hall–Kier alpha value is -0.683. The van der Waals surface area contributed by atoms with Gasteiger partial charge in [-0.2, -0.15) is 0 Å². The van der Waals surface area contributed by atoms with Crippen molar-refractivity contribution < 1.29 is 13.9 Å². The molecule has 0 N–H and O–H groups in total. The van der Waals surface area contributed by atoms with Crippen molar-refractivity contribution in [3.05, 3.63) is 35.9 Å². The van der Waals surface area contributed by atoms with Gasteiger partial charge in [-0.25, -0.2) is 0 Å². The van der Waals surface area contributed by atoms with E-state index in [-0.39, 0.29) is 11.1 Å². The van der Waals surface area contributed by atoms with Crippen LogP contribution in [0.25, 0.3) is 0 Å². The van der Waals surface area contributed by atoms with Crippen LogP contribution in [0.1, 0.15) is 39.7 Å². The van der Waals surface area contributed by atoms with Gasteiger partial charge in [0, 0.05) is 13.2 Å².